The Morgan fingerprint density at radius 2 is 1.88 bits per heavy atom. The van der Waals surface area contributed by atoms with E-state index in [1.165, 1.54) is 18.8 Å². The van der Waals surface area contributed by atoms with E-state index in [0.717, 1.165) is 13.1 Å². The van der Waals surface area contributed by atoms with Crippen LogP contribution in [0.3, 0.4) is 0 Å². The highest BCUT2D eigenvalue weighted by Gasteiger charge is 2.19. The van der Waals surface area contributed by atoms with Gasteiger partial charge >= 0.3 is 6.03 Å². The number of nitrogens with zero attached hydrogens (tertiary/aromatic N) is 1. The summed E-state index contributed by atoms with van der Waals surface area (Å²) in [6.45, 7) is 7.36. The summed E-state index contributed by atoms with van der Waals surface area (Å²) in [6.07, 6.45) is 0. The second kappa shape index (κ2) is 8.30. The average molecular weight is 277 g/mol. The molecule has 5 nitrogen and oxygen atoms in total. The molecule has 0 radical (unpaired) electrons. The van der Waals surface area contributed by atoms with Crippen molar-refractivity contribution in [1.29, 1.82) is 0 Å². The second-order valence-corrected chi connectivity index (χ2v) is 5.24. The molecule has 0 aromatic heterocycles. The van der Waals surface area contributed by atoms with E-state index in [4.69, 9.17) is 12.2 Å². The number of hydrogen-bond acceptors (Lipinski definition) is 4. The minimum atomic E-state index is -0.504. The summed E-state index contributed by atoms with van der Waals surface area (Å²) in [7, 11) is 1.46. The molecule has 17 heavy (non-hydrogen) atoms. The van der Waals surface area contributed by atoms with Crippen molar-refractivity contribution in [3.63, 3.8) is 0 Å². The quantitative estimate of drug-likeness (QED) is 0.756. The van der Waals surface area contributed by atoms with Gasteiger partial charge < -0.3 is 10.2 Å². The van der Waals surface area contributed by atoms with E-state index in [1.807, 2.05) is 18.7 Å². The summed E-state index contributed by atoms with van der Waals surface area (Å²) in [5.41, 5.74) is 0. The minimum Gasteiger partial charge on any atom is -0.358 e. The first-order valence-corrected chi connectivity index (χ1v) is 6.73. The summed E-state index contributed by atoms with van der Waals surface area (Å²) >= 11 is 6.50. The Morgan fingerprint density at radius 3 is 2.29 bits per heavy atom. The van der Waals surface area contributed by atoms with E-state index in [1.54, 1.807) is 6.92 Å². The first-order chi connectivity index (χ1) is 7.96. The number of hydrogen-bond donors (Lipinski definition) is 2. The van der Waals surface area contributed by atoms with Crippen LogP contribution in [0, 0.1) is 0 Å². The zero-order valence-electron chi connectivity index (χ0n) is 10.6. The summed E-state index contributed by atoms with van der Waals surface area (Å²) in [4.78, 5) is 24.5. The molecule has 0 aromatic rings. The number of carbonyl (C=O) groups is 2. The molecular weight excluding hydrogens is 258 g/mol. The van der Waals surface area contributed by atoms with Crippen molar-refractivity contribution in [2.75, 3.05) is 20.1 Å². The lowest BCUT2D eigenvalue weighted by Crippen LogP contribution is -2.42. The normalized spacial score (nSPS) is 11.5. The molecule has 98 valence electrons. The van der Waals surface area contributed by atoms with Crippen molar-refractivity contribution in [3.05, 3.63) is 0 Å². The number of imide groups is 1. The number of urea groups is 1. The SMILES string of the molecule is CCN(CC)C(=S)SC(C)C(=O)NC(=O)NC. The fourth-order valence-corrected chi connectivity index (χ4v) is 2.60. The van der Waals surface area contributed by atoms with Crippen LogP contribution in [0.1, 0.15) is 20.8 Å². The van der Waals surface area contributed by atoms with Crippen molar-refractivity contribution in [3.8, 4) is 0 Å². The third kappa shape index (κ3) is 5.88. The van der Waals surface area contributed by atoms with Gasteiger partial charge in [-0.3, -0.25) is 10.1 Å². The fourth-order valence-electron chi connectivity index (χ4n) is 1.04. The molecule has 0 spiro atoms. The van der Waals surface area contributed by atoms with Crippen molar-refractivity contribution in [2.45, 2.75) is 26.0 Å². The molecule has 1 atom stereocenters. The van der Waals surface area contributed by atoms with Gasteiger partial charge in [-0.05, 0) is 20.8 Å². The van der Waals surface area contributed by atoms with Crippen LogP contribution in [-0.4, -0.2) is 46.5 Å². The van der Waals surface area contributed by atoms with Crippen LogP contribution in [0.5, 0.6) is 0 Å². The predicted molar refractivity (Wildman–Crippen MR) is 75.2 cm³/mol. The Kier molecular flexibility index (Phi) is 7.90. The number of thiocarbonyl (C=S) groups is 1. The molecule has 0 bridgehead atoms. The van der Waals surface area contributed by atoms with Gasteiger partial charge in [0.1, 0.15) is 4.32 Å². The first-order valence-electron chi connectivity index (χ1n) is 5.44. The summed E-state index contributed by atoms with van der Waals surface area (Å²) in [6, 6.07) is -0.504. The fraction of sp³-hybridized carbons (Fsp3) is 0.700. The van der Waals surface area contributed by atoms with Crippen LogP contribution in [0.25, 0.3) is 0 Å². The molecule has 1 unspecified atom stereocenters. The lowest BCUT2D eigenvalue weighted by atomic mass is 10.4. The van der Waals surface area contributed by atoms with E-state index in [-0.39, 0.29) is 11.2 Å². The van der Waals surface area contributed by atoms with Crippen LogP contribution in [0.4, 0.5) is 4.79 Å². The number of rotatable bonds is 4. The number of carbonyl (C=O) groups excluding carboxylic acids is 2. The van der Waals surface area contributed by atoms with E-state index in [0.29, 0.717) is 4.32 Å². The molecule has 0 rings (SSSR count). The van der Waals surface area contributed by atoms with Crippen LogP contribution in [0.15, 0.2) is 0 Å². The third-order valence-electron chi connectivity index (χ3n) is 2.13. The lowest BCUT2D eigenvalue weighted by molar-refractivity contribution is -0.119. The van der Waals surface area contributed by atoms with Gasteiger partial charge in [0.25, 0.3) is 0 Å². The number of nitrogens with one attached hydrogen (secondary N) is 2. The highest BCUT2D eigenvalue weighted by atomic mass is 32.2. The standard InChI is InChI=1S/C10H19N3O2S2/c1-5-13(6-2)10(16)17-7(3)8(14)12-9(15)11-4/h7H,5-6H2,1-4H3,(H2,11,12,14,15). The van der Waals surface area contributed by atoms with Crippen LogP contribution < -0.4 is 10.6 Å². The highest BCUT2D eigenvalue weighted by molar-refractivity contribution is 8.23. The first kappa shape index (κ1) is 16.2. The van der Waals surface area contributed by atoms with Gasteiger partial charge in [-0.25, -0.2) is 4.79 Å². The van der Waals surface area contributed by atoms with E-state index >= 15 is 0 Å². The van der Waals surface area contributed by atoms with Gasteiger partial charge in [0, 0.05) is 20.1 Å². The van der Waals surface area contributed by atoms with Crippen LogP contribution >= 0.6 is 24.0 Å². The Morgan fingerprint density at radius 1 is 1.35 bits per heavy atom. The molecule has 0 aliphatic rings. The van der Waals surface area contributed by atoms with Gasteiger partial charge in [0.2, 0.25) is 5.91 Å². The summed E-state index contributed by atoms with van der Waals surface area (Å²) in [5.74, 6) is -0.344. The van der Waals surface area contributed by atoms with Crippen LogP contribution in [0.2, 0.25) is 0 Å². The monoisotopic (exact) mass is 277 g/mol. The Balaban J connectivity index is 4.24. The average Bonchev–Trinajstić information content (AvgIpc) is 2.30. The lowest BCUT2D eigenvalue weighted by Gasteiger charge is -2.22. The zero-order valence-corrected chi connectivity index (χ0v) is 12.2. The maximum absolute atomic E-state index is 11.6. The molecule has 0 saturated heterocycles. The van der Waals surface area contributed by atoms with Gasteiger partial charge in [-0.15, -0.1) is 0 Å². The van der Waals surface area contributed by atoms with E-state index in [9.17, 15) is 9.59 Å². The molecule has 7 heteroatoms. The number of amides is 3. The van der Waals surface area contributed by atoms with Crippen LogP contribution in [-0.2, 0) is 4.79 Å². The molecule has 3 amide bonds. The van der Waals surface area contributed by atoms with E-state index < -0.39 is 6.03 Å². The molecule has 0 aromatic carbocycles. The van der Waals surface area contributed by atoms with Gasteiger partial charge in [0.15, 0.2) is 0 Å². The van der Waals surface area contributed by atoms with Gasteiger partial charge in [-0.1, -0.05) is 24.0 Å². The van der Waals surface area contributed by atoms with Crippen molar-refractivity contribution in [1.82, 2.24) is 15.5 Å². The minimum absolute atomic E-state index is 0.344. The van der Waals surface area contributed by atoms with Crippen molar-refractivity contribution in [2.24, 2.45) is 0 Å². The molecule has 0 heterocycles. The summed E-state index contributed by atoms with van der Waals surface area (Å²) in [5, 5.41) is 4.16. The molecule has 0 aliphatic heterocycles. The van der Waals surface area contributed by atoms with Gasteiger partial charge in [-0.2, -0.15) is 0 Å². The predicted octanol–water partition coefficient (Wildman–Crippen LogP) is 1.19. The third-order valence-corrected chi connectivity index (χ3v) is 3.71. The molecular formula is C10H19N3O2S2. The topological polar surface area (TPSA) is 61.4 Å². The Labute approximate surface area is 112 Å². The van der Waals surface area contributed by atoms with Crippen molar-refractivity contribution >= 4 is 40.2 Å². The Hall–Kier alpha value is -0.820. The van der Waals surface area contributed by atoms with E-state index in [2.05, 4.69) is 10.6 Å². The largest absolute Gasteiger partial charge is 0.358 e. The molecule has 0 aliphatic carbocycles. The number of thioether (sulfide) groups is 1. The smallest absolute Gasteiger partial charge is 0.321 e. The maximum atomic E-state index is 11.6. The Bertz CT molecular complexity index is 293. The van der Waals surface area contributed by atoms with Gasteiger partial charge in [0.05, 0.1) is 5.25 Å². The maximum Gasteiger partial charge on any atom is 0.321 e. The molecule has 2 N–H and O–H groups in total. The highest BCUT2D eigenvalue weighted by Crippen LogP contribution is 2.16. The van der Waals surface area contributed by atoms with Crippen molar-refractivity contribution < 1.29 is 9.59 Å². The second-order valence-electron chi connectivity index (χ2n) is 3.27. The molecule has 0 fully saturated rings. The molecule has 0 saturated carbocycles. The summed E-state index contributed by atoms with van der Waals surface area (Å²) < 4.78 is 0.676. The zero-order chi connectivity index (χ0) is 13.4.